The molecule has 0 radical (unpaired) electrons. The number of rotatable bonds is 3. The van der Waals surface area contributed by atoms with Gasteiger partial charge in [-0.05, 0) is 34.7 Å². The molecule has 13 heavy (non-hydrogen) atoms. The molecule has 1 aromatic heterocycles. The van der Waals surface area contributed by atoms with Crippen LogP contribution in [0.4, 0.5) is 0 Å². The van der Waals surface area contributed by atoms with Crippen LogP contribution in [-0.2, 0) is 4.79 Å². The second-order valence-corrected chi connectivity index (χ2v) is 3.85. The number of aromatic nitrogens is 1. The molecule has 0 aliphatic heterocycles. The van der Waals surface area contributed by atoms with Gasteiger partial charge in [0.15, 0.2) is 0 Å². The van der Waals surface area contributed by atoms with Crippen molar-refractivity contribution >= 4 is 28.6 Å². The van der Waals surface area contributed by atoms with E-state index < -0.39 is 12.0 Å². The lowest BCUT2D eigenvalue weighted by Crippen LogP contribution is -2.16. The molecule has 0 fully saturated rings. The number of hydrogen-bond donors (Lipinski definition) is 2. The number of aliphatic carboxylic acids is 1. The second kappa shape index (κ2) is 4.52. The number of nitrogens with two attached hydrogens (primary N) is 1. The Morgan fingerprint density at radius 3 is 3.00 bits per heavy atom. The summed E-state index contributed by atoms with van der Waals surface area (Å²) < 4.78 is 1.00. The predicted octanol–water partition coefficient (Wildman–Crippen LogP) is 1.16. The lowest BCUT2D eigenvalue weighted by molar-refractivity contribution is -0.137. The predicted molar refractivity (Wildman–Crippen MR) is 56.1 cm³/mol. The van der Waals surface area contributed by atoms with Crippen molar-refractivity contribution in [3.8, 4) is 0 Å². The number of pyridine rings is 1. The van der Waals surface area contributed by atoms with E-state index in [0.717, 1.165) is 3.57 Å². The molecular weight excluding hydrogens is 283 g/mol. The Bertz CT molecular complexity index is 317. The zero-order chi connectivity index (χ0) is 9.84. The zero-order valence-corrected chi connectivity index (χ0v) is 8.93. The van der Waals surface area contributed by atoms with Crippen LogP contribution in [0.3, 0.4) is 0 Å². The van der Waals surface area contributed by atoms with Gasteiger partial charge in [0.25, 0.3) is 0 Å². The number of nitrogens with zero attached hydrogens (tertiary/aromatic N) is 1. The largest absolute Gasteiger partial charge is 0.481 e. The number of carboxylic acids is 1. The average molecular weight is 292 g/mol. The third kappa shape index (κ3) is 3.27. The molecule has 1 aromatic rings. The molecule has 0 amide bonds. The van der Waals surface area contributed by atoms with Gasteiger partial charge in [-0.3, -0.25) is 9.78 Å². The normalized spacial score (nSPS) is 12.5. The van der Waals surface area contributed by atoms with Crippen molar-refractivity contribution in [3.63, 3.8) is 0 Å². The van der Waals surface area contributed by atoms with Crippen molar-refractivity contribution in [1.82, 2.24) is 4.98 Å². The first-order valence-electron chi connectivity index (χ1n) is 3.68. The third-order valence-corrected chi connectivity index (χ3v) is 2.19. The maximum Gasteiger partial charge on any atom is 0.305 e. The van der Waals surface area contributed by atoms with Crippen LogP contribution in [0.5, 0.6) is 0 Å². The summed E-state index contributed by atoms with van der Waals surface area (Å²) in [6.07, 6.45) is 1.53. The molecule has 0 unspecified atom stereocenters. The van der Waals surface area contributed by atoms with Gasteiger partial charge in [-0.1, -0.05) is 0 Å². The van der Waals surface area contributed by atoms with E-state index in [1.54, 1.807) is 12.3 Å². The molecule has 1 heterocycles. The molecule has 0 aliphatic rings. The fraction of sp³-hybridized carbons (Fsp3) is 0.250. The van der Waals surface area contributed by atoms with Crippen LogP contribution in [0.2, 0.25) is 0 Å². The van der Waals surface area contributed by atoms with Crippen molar-refractivity contribution in [1.29, 1.82) is 0 Å². The number of carboxylic acid groups (broad SMARTS) is 1. The molecule has 1 rings (SSSR count). The molecule has 3 N–H and O–H groups in total. The van der Waals surface area contributed by atoms with Crippen LogP contribution < -0.4 is 5.73 Å². The standard InChI is InChI=1S/C8H9IN2O2/c9-5-1-2-11-7(3-5)6(10)4-8(12)13/h1-3,6H,4,10H2,(H,12,13)/t6-/m1/s1. The van der Waals surface area contributed by atoms with E-state index in [4.69, 9.17) is 10.8 Å². The molecule has 1 atom stereocenters. The Kier molecular flexibility index (Phi) is 3.61. The van der Waals surface area contributed by atoms with Gasteiger partial charge >= 0.3 is 5.97 Å². The Hall–Kier alpha value is -0.690. The van der Waals surface area contributed by atoms with Gasteiger partial charge in [0.2, 0.25) is 0 Å². The molecule has 5 heteroatoms. The number of halogens is 1. The lowest BCUT2D eigenvalue weighted by atomic mass is 10.1. The SMILES string of the molecule is N[C@H](CC(=O)O)c1cc(I)ccn1. The third-order valence-electron chi connectivity index (χ3n) is 1.52. The van der Waals surface area contributed by atoms with Gasteiger partial charge in [-0.2, -0.15) is 0 Å². The van der Waals surface area contributed by atoms with E-state index in [-0.39, 0.29) is 6.42 Å². The van der Waals surface area contributed by atoms with Crippen LogP contribution >= 0.6 is 22.6 Å². The van der Waals surface area contributed by atoms with Gasteiger partial charge in [0.05, 0.1) is 18.2 Å². The summed E-state index contributed by atoms with van der Waals surface area (Å²) in [6, 6.07) is 3.10. The highest BCUT2D eigenvalue weighted by Gasteiger charge is 2.11. The first-order chi connectivity index (χ1) is 6.09. The molecule has 0 aromatic carbocycles. The Labute approximate surface area is 89.3 Å². The number of hydrogen-bond acceptors (Lipinski definition) is 3. The van der Waals surface area contributed by atoms with Crippen molar-refractivity contribution in [2.45, 2.75) is 12.5 Å². The fourth-order valence-electron chi connectivity index (χ4n) is 0.917. The van der Waals surface area contributed by atoms with Crippen molar-refractivity contribution < 1.29 is 9.90 Å². The van der Waals surface area contributed by atoms with Gasteiger partial charge in [-0.25, -0.2) is 0 Å². The highest BCUT2D eigenvalue weighted by atomic mass is 127. The molecule has 4 nitrogen and oxygen atoms in total. The van der Waals surface area contributed by atoms with Crippen LogP contribution in [0, 0.1) is 3.57 Å². The van der Waals surface area contributed by atoms with Crippen molar-refractivity contribution in [2.24, 2.45) is 5.73 Å². The Morgan fingerprint density at radius 1 is 1.77 bits per heavy atom. The second-order valence-electron chi connectivity index (χ2n) is 2.60. The Morgan fingerprint density at radius 2 is 2.46 bits per heavy atom. The van der Waals surface area contributed by atoms with E-state index in [0.29, 0.717) is 5.69 Å². The van der Waals surface area contributed by atoms with E-state index in [9.17, 15) is 4.79 Å². The summed E-state index contributed by atoms with van der Waals surface area (Å²) in [6.45, 7) is 0. The van der Waals surface area contributed by atoms with Crippen LogP contribution in [0.1, 0.15) is 18.2 Å². The smallest absolute Gasteiger partial charge is 0.305 e. The highest BCUT2D eigenvalue weighted by molar-refractivity contribution is 14.1. The molecule has 0 saturated heterocycles. The molecule has 70 valence electrons. The van der Waals surface area contributed by atoms with Crippen LogP contribution in [0.25, 0.3) is 0 Å². The summed E-state index contributed by atoms with van der Waals surface area (Å²) in [5.74, 6) is -0.909. The monoisotopic (exact) mass is 292 g/mol. The zero-order valence-electron chi connectivity index (χ0n) is 6.77. The van der Waals surface area contributed by atoms with Gasteiger partial charge in [0.1, 0.15) is 0 Å². The van der Waals surface area contributed by atoms with E-state index in [1.807, 2.05) is 6.07 Å². The van der Waals surface area contributed by atoms with Crippen molar-refractivity contribution in [3.05, 3.63) is 27.6 Å². The molecule has 0 saturated carbocycles. The minimum atomic E-state index is -0.909. The number of carbonyl (C=O) groups is 1. The van der Waals surface area contributed by atoms with E-state index in [1.165, 1.54) is 0 Å². The molecule has 0 bridgehead atoms. The molecular formula is C8H9IN2O2. The maximum absolute atomic E-state index is 10.4. The summed E-state index contributed by atoms with van der Waals surface area (Å²) in [5.41, 5.74) is 6.24. The summed E-state index contributed by atoms with van der Waals surface area (Å²) >= 11 is 2.13. The minimum absolute atomic E-state index is 0.0902. The summed E-state index contributed by atoms with van der Waals surface area (Å²) in [7, 11) is 0. The summed E-state index contributed by atoms with van der Waals surface area (Å²) in [5, 5.41) is 8.50. The van der Waals surface area contributed by atoms with Gasteiger partial charge in [-0.15, -0.1) is 0 Å². The first kappa shape index (κ1) is 10.4. The minimum Gasteiger partial charge on any atom is -0.481 e. The maximum atomic E-state index is 10.4. The van der Waals surface area contributed by atoms with Crippen molar-refractivity contribution in [2.75, 3.05) is 0 Å². The van der Waals surface area contributed by atoms with E-state index in [2.05, 4.69) is 27.6 Å². The highest BCUT2D eigenvalue weighted by Crippen LogP contribution is 2.13. The van der Waals surface area contributed by atoms with Gasteiger partial charge in [0, 0.05) is 9.77 Å². The molecule has 0 aliphatic carbocycles. The average Bonchev–Trinajstić information content (AvgIpc) is 2.03. The fourth-order valence-corrected chi connectivity index (χ4v) is 1.40. The van der Waals surface area contributed by atoms with Crippen LogP contribution in [0.15, 0.2) is 18.3 Å². The van der Waals surface area contributed by atoms with Gasteiger partial charge < -0.3 is 10.8 Å². The quantitative estimate of drug-likeness (QED) is 0.820. The topological polar surface area (TPSA) is 76.2 Å². The summed E-state index contributed by atoms with van der Waals surface area (Å²) in [4.78, 5) is 14.4. The lowest BCUT2D eigenvalue weighted by Gasteiger charge is -2.07. The van der Waals surface area contributed by atoms with Crippen LogP contribution in [-0.4, -0.2) is 16.1 Å². The molecule has 0 spiro atoms. The first-order valence-corrected chi connectivity index (χ1v) is 4.76. The Balaban J connectivity index is 2.76. The van der Waals surface area contributed by atoms with E-state index >= 15 is 0 Å².